The Hall–Kier alpha value is -3.07. The molecule has 4 aromatic rings. The first-order chi connectivity index (χ1) is 12.1. The number of nitrogens with zero attached hydrogens (tertiary/aromatic N) is 5. The summed E-state index contributed by atoms with van der Waals surface area (Å²) in [5.74, 6) is -1.000. The maximum atomic E-state index is 13.7. The molecule has 25 heavy (non-hydrogen) atoms. The van der Waals surface area contributed by atoms with E-state index in [2.05, 4.69) is 24.3 Å². The van der Waals surface area contributed by atoms with Gasteiger partial charge >= 0.3 is 0 Å². The molecule has 4 rings (SSSR count). The number of fused-ring (bicyclic) bond motifs is 1. The molecule has 0 fully saturated rings. The SMILES string of the molecule is Cc1nsc(-c2ncnc3ccc(Oc4ncc(F)cc4F)cc23)n1. The van der Waals surface area contributed by atoms with Crippen LogP contribution in [-0.2, 0) is 0 Å². The van der Waals surface area contributed by atoms with E-state index in [0.717, 1.165) is 6.20 Å². The van der Waals surface area contributed by atoms with Gasteiger partial charge in [-0.2, -0.15) is 4.37 Å². The Balaban J connectivity index is 1.79. The highest BCUT2D eigenvalue weighted by atomic mass is 32.1. The lowest BCUT2D eigenvalue weighted by atomic mass is 10.2. The van der Waals surface area contributed by atoms with Crippen LogP contribution in [0.3, 0.4) is 0 Å². The highest BCUT2D eigenvalue weighted by molar-refractivity contribution is 7.09. The van der Waals surface area contributed by atoms with Gasteiger partial charge in [-0.1, -0.05) is 0 Å². The highest BCUT2D eigenvalue weighted by Crippen LogP contribution is 2.31. The van der Waals surface area contributed by atoms with Gasteiger partial charge in [0.25, 0.3) is 5.88 Å². The molecule has 1 aromatic carbocycles. The Kier molecular flexibility index (Phi) is 3.77. The maximum absolute atomic E-state index is 13.7. The van der Waals surface area contributed by atoms with Crippen molar-refractivity contribution in [2.75, 3.05) is 0 Å². The first-order valence-corrected chi connectivity index (χ1v) is 7.92. The van der Waals surface area contributed by atoms with Crippen LogP contribution in [0, 0.1) is 18.6 Å². The van der Waals surface area contributed by atoms with Crippen molar-refractivity contribution in [2.24, 2.45) is 0 Å². The van der Waals surface area contributed by atoms with Gasteiger partial charge in [0.1, 0.15) is 29.4 Å². The number of hydrogen-bond donors (Lipinski definition) is 0. The summed E-state index contributed by atoms with van der Waals surface area (Å²) in [5, 5.41) is 1.33. The molecule has 9 heteroatoms. The molecule has 0 amide bonds. The van der Waals surface area contributed by atoms with Crippen LogP contribution in [0.5, 0.6) is 11.6 Å². The van der Waals surface area contributed by atoms with Crippen molar-refractivity contribution in [3.63, 3.8) is 0 Å². The van der Waals surface area contributed by atoms with Crippen LogP contribution < -0.4 is 4.74 Å². The fraction of sp³-hybridized carbons (Fsp3) is 0.0625. The van der Waals surface area contributed by atoms with E-state index < -0.39 is 11.6 Å². The summed E-state index contributed by atoms with van der Waals surface area (Å²) >= 11 is 1.23. The van der Waals surface area contributed by atoms with E-state index in [1.807, 2.05) is 0 Å². The Morgan fingerprint density at radius 1 is 1.08 bits per heavy atom. The van der Waals surface area contributed by atoms with Crippen LogP contribution >= 0.6 is 11.5 Å². The lowest BCUT2D eigenvalue weighted by molar-refractivity contribution is 0.417. The second-order valence-corrected chi connectivity index (χ2v) is 5.84. The Morgan fingerprint density at radius 2 is 1.96 bits per heavy atom. The number of benzene rings is 1. The van der Waals surface area contributed by atoms with Gasteiger partial charge in [-0.15, -0.1) is 0 Å². The van der Waals surface area contributed by atoms with Gasteiger partial charge < -0.3 is 4.74 Å². The molecule has 0 aliphatic heterocycles. The number of pyridine rings is 1. The maximum Gasteiger partial charge on any atom is 0.256 e. The summed E-state index contributed by atoms with van der Waals surface area (Å²) < 4.78 is 36.3. The Morgan fingerprint density at radius 3 is 2.72 bits per heavy atom. The lowest BCUT2D eigenvalue weighted by Gasteiger charge is -2.07. The molecule has 0 atom stereocenters. The minimum Gasteiger partial charge on any atom is -0.436 e. The zero-order chi connectivity index (χ0) is 17.4. The van der Waals surface area contributed by atoms with Crippen LogP contribution in [0.15, 0.2) is 36.8 Å². The molecule has 0 unspecified atom stereocenters. The summed E-state index contributed by atoms with van der Waals surface area (Å²) in [5.41, 5.74) is 1.28. The summed E-state index contributed by atoms with van der Waals surface area (Å²) in [4.78, 5) is 16.4. The summed E-state index contributed by atoms with van der Waals surface area (Å²) in [6, 6.07) is 5.70. The molecule has 0 saturated heterocycles. The van der Waals surface area contributed by atoms with Gasteiger partial charge in [0.15, 0.2) is 10.8 Å². The van der Waals surface area contributed by atoms with Crippen LogP contribution in [0.4, 0.5) is 8.78 Å². The normalized spacial score (nSPS) is 11.0. The number of halogens is 2. The lowest BCUT2D eigenvalue weighted by Crippen LogP contribution is -1.94. The average Bonchev–Trinajstić information content (AvgIpc) is 3.03. The molecule has 0 radical (unpaired) electrons. The summed E-state index contributed by atoms with van der Waals surface area (Å²) in [6.07, 6.45) is 2.33. The number of aromatic nitrogens is 5. The van der Waals surface area contributed by atoms with E-state index in [9.17, 15) is 8.78 Å². The zero-order valence-electron chi connectivity index (χ0n) is 12.8. The molecular formula is C16H9F2N5OS. The number of ether oxygens (including phenoxy) is 1. The molecule has 0 spiro atoms. The monoisotopic (exact) mass is 357 g/mol. The highest BCUT2D eigenvalue weighted by Gasteiger charge is 2.13. The van der Waals surface area contributed by atoms with Crippen molar-refractivity contribution >= 4 is 22.4 Å². The zero-order valence-corrected chi connectivity index (χ0v) is 13.6. The quantitative estimate of drug-likeness (QED) is 0.553. The summed E-state index contributed by atoms with van der Waals surface area (Å²) in [7, 11) is 0. The topological polar surface area (TPSA) is 73.7 Å². The van der Waals surface area contributed by atoms with E-state index in [4.69, 9.17) is 4.74 Å². The van der Waals surface area contributed by atoms with Gasteiger partial charge in [-0.05, 0) is 36.7 Å². The molecule has 0 aliphatic carbocycles. The van der Waals surface area contributed by atoms with Gasteiger partial charge in [0.05, 0.1) is 11.7 Å². The second kappa shape index (κ2) is 6.10. The van der Waals surface area contributed by atoms with E-state index >= 15 is 0 Å². The second-order valence-electron chi connectivity index (χ2n) is 5.09. The van der Waals surface area contributed by atoms with Crippen molar-refractivity contribution in [3.05, 3.63) is 54.2 Å². The first kappa shape index (κ1) is 15.5. The predicted molar refractivity (Wildman–Crippen MR) is 87.4 cm³/mol. The third-order valence-electron chi connectivity index (χ3n) is 3.33. The number of rotatable bonds is 3. The van der Waals surface area contributed by atoms with E-state index in [1.54, 1.807) is 25.1 Å². The summed E-state index contributed by atoms with van der Waals surface area (Å²) in [6.45, 7) is 1.79. The van der Waals surface area contributed by atoms with Crippen molar-refractivity contribution in [3.8, 4) is 22.3 Å². The largest absolute Gasteiger partial charge is 0.436 e. The third kappa shape index (κ3) is 3.01. The van der Waals surface area contributed by atoms with Gasteiger partial charge in [-0.25, -0.2) is 28.7 Å². The molecule has 0 N–H and O–H groups in total. The predicted octanol–water partition coefficient (Wildman–Crippen LogP) is 3.92. The average molecular weight is 357 g/mol. The minimum absolute atomic E-state index is 0.314. The molecule has 0 saturated carbocycles. The Labute approximate surface area is 144 Å². The Bertz CT molecular complexity index is 1090. The fourth-order valence-corrected chi connectivity index (χ4v) is 2.93. The molecule has 3 aromatic heterocycles. The van der Waals surface area contributed by atoms with E-state index in [-0.39, 0.29) is 5.88 Å². The molecular weight excluding hydrogens is 348 g/mol. The molecule has 6 nitrogen and oxygen atoms in total. The van der Waals surface area contributed by atoms with Crippen molar-refractivity contribution in [2.45, 2.75) is 6.92 Å². The van der Waals surface area contributed by atoms with Gasteiger partial charge in [-0.3, -0.25) is 0 Å². The van der Waals surface area contributed by atoms with E-state index in [1.165, 1.54) is 17.9 Å². The molecule has 0 aliphatic rings. The first-order valence-electron chi connectivity index (χ1n) is 7.14. The molecule has 124 valence electrons. The van der Waals surface area contributed by atoms with Crippen LogP contribution in [0.2, 0.25) is 0 Å². The van der Waals surface area contributed by atoms with Crippen molar-refractivity contribution in [1.82, 2.24) is 24.3 Å². The molecule has 3 heterocycles. The van der Waals surface area contributed by atoms with Gasteiger partial charge in [0.2, 0.25) is 0 Å². The van der Waals surface area contributed by atoms with E-state index in [0.29, 0.717) is 39.2 Å². The minimum atomic E-state index is -0.885. The van der Waals surface area contributed by atoms with Gasteiger partial charge in [0, 0.05) is 11.5 Å². The van der Waals surface area contributed by atoms with Crippen molar-refractivity contribution < 1.29 is 13.5 Å². The fourth-order valence-electron chi connectivity index (χ4n) is 2.25. The van der Waals surface area contributed by atoms with Crippen LogP contribution in [0.25, 0.3) is 21.6 Å². The molecule has 0 bridgehead atoms. The number of hydrogen-bond acceptors (Lipinski definition) is 7. The number of aryl methyl sites for hydroxylation is 1. The standard InChI is InChI=1S/C16H9F2N5OS/c1-8-22-16(25-23-8)14-11-5-10(2-3-13(11)20-7-21-14)24-15-12(18)4-9(17)6-19-15/h2-7H,1H3. The smallest absolute Gasteiger partial charge is 0.256 e. The van der Waals surface area contributed by atoms with Crippen molar-refractivity contribution in [1.29, 1.82) is 0 Å². The van der Waals surface area contributed by atoms with Crippen LogP contribution in [-0.4, -0.2) is 24.3 Å². The third-order valence-corrected chi connectivity index (χ3v) is 4.14. The van der Waals surface area contributed by atoms with Crippen LogP contribution in [0.1, 0.15) is 5.82 Å².